The van der Waals surface area contributed by atoms with E-state index in [9.17, 15) is 0 Å². The van der Waals surface area contributed by atoms with Crippen LogP contribution in [0.1, 0.15) is 13.8 Å². The molecular formula is C11H15N. The van der Waals surface area contributed by atoms with Gasteiger partial charge in [0, 0.05) is 0 Å². The molecule has 0 saturated carbocycles. The molecule has 0 aliphatic heterocycles. The molecule has 0 aliphatic carbocycles. The second kappa shape index (κ2) is 6.35. The highest BCUT2D eigenvalue weighted by atomic mass is 14.7. The quantitative estimate of drug-likeness (QED) is 0.443. The maximum atomic E-state index is 3.89. The average Bonchev–Trinajstić information content (AvgIpc) is 2.11. The molecule has 0 rings (SSSR count). The minimum absolute atomic E-state index is 0.852. The van der Waals surface area contributed by atoms with E-state index in [1.165, 1.54) is 0 Å². The number of hydrogen-bond acceptors (Lipinski definition) is 1. The first-order chi connectivity index (χ1) is 5.79. The zero-order valence-electron chi connectivity index (χ0n) is 7.75. The SMILES string of the molecule is C=CC(C=CC)=C(C=CC)N=C. The van der Waals surface area contributed by atoms with Gasteiger partial charge in [-0.1, -0.05) is 30.9 Å². The summed E-state index contributed by atoms with van der Waals surface area (Å²) in [6.45, 7) is 11.1. The Morgan fingerprint density at radius 3 is 2.08 bits per heavy atom. The molecule has 0 aliphatic rings. The van der Waals surface area contributed by atoms with Crippen LogP contribution in [0.3, 0.4) is 0 Å². The Balaban J connectivity index is 4.98. The molecule has 0 spiro atoms. The van der Waals surface area contributed by atoms with Gasteiger partial charge in [-0.15, -0.1) is 0 Å². The second-order valence-electron chi connectivity index (χ2n) is 2.20. The van der Waals surface area contributed by atoms with E-state index in [2.05, 4.69) is 18.3 Å². The first-order valence-corrected chi connectivity index (χ1v) is 3.89. The van der Waals surface area contributed by atoms with Crippen LogP contribution in [0.25, 0.3) is 0 Å². The van der Waals surface area contributed by atoms with Crippen molar-refractivity contribution in [1.29, 1.82) is 0 Å². The van der Waals surface area contributed by atoms with E-state index in [1.807, 2.05) is 38.2 Å². The van der Waals surface area contributed by atoms with Crippen molar-refractivity contribution in [3.8, 4) is 0 Å². The van der Waals surface area contributed by atoms with E-state index in [1.54, 1.807) is 6.08 Å². The van der Waals surface area contributed by atoms with Gasteiger partial charge in [-0.25, -0.2) is 0 Å². The van der Waals surface area contributed by atoms with Crippen molar-refractivity contribution < 1.29 is 0 Å². The smallest absolute Gasteiger partial charge is 0.0691 e. The zero-order valence-corrected chi connectivity index (χ0v) is 7.75. The van der Waals surface area contributed by atoms with Crippen molar-refractivity contribution >= 4 is 6.72 Å². The number of nitrogens with zero attached hydrogens (tertiary/aromatic N) is 1. The maximum Gasteiger partial charge on any atom is 0.0691 e. The van der Waals surface area contributed by atoms with Gasteiger partial charge >= 0.3 is 0 Å². The Kier molecular flexibility index (Phi) is 5.62. The topological polar surface area (TPSA) is 12.4 Å². The van der Waals surface area contributed by atoms with Crippen LogP contribution in [0.4, 0.5) is 0 Å². The van der Waals surface area contributed by atoms with Crippen LogP contribution in [0.5, 0.6) is 0 Å². The fourth-order valence-corrected chi connectivity index (χ4v) is 0.836. The molecule has 0 heterocycles. The minimum Gasteiger partial charge on any atom is -0.264 e. The second-order valence-corrected chi connectivity index (χ2v) is 2.20. The van der Waals surface area contributed by atoms with Crippen molar-refractivity contribution in [2.24, 2.45) is 4.99 Å². The molecular weight excluding hydrogens is 146 g/mol. The molecule has 0 fully saturated rings. The van der Waals surface area contributed by atoms with Crippen molar-refractivity contribution in [3.05, 3.63) is 48.2 Å². The lowest BCUT2D eigenvalue weighted by molar-refractivity contribution is 1.37. The van der Waals surface area contributed by atoms with Gasteiger partial charge in [-0.05, 0) is 32.2 Å². The fraction of sp³-hybridized carbons (Fsp3) is 0.182. The molecule has 0 aromatic carbocycles. The van der Waals surface area contributed by atoms with Crippen molar-refractivity contribution in [1.82, 2.24) is 0 Å². The van der Waals surface area contributed by atoms with Crippen LogP contribution in [-0.4, -0.2) is 6.72 Å². The summed E-state index contributed by atoms with van der Waals surface area (Å²) in [6, 6.07) is 0. The summed E-state index contributed by atoms with van der Waals surface area (Å²) >= 11 is 0. The Bertz CT molecular complexity index is 216. The molecule has 0 unspecified atom stereocenters. The third-order valence-electron chi connectivity index (χ3n) is 1.36. The summed E-state index contributed by atoms with van der Waals surface area (Å²) < 4.78 is 0. The summed E-state index contributed by atoms with van der Waals surface area (Å²) in [6.07, 6.45) is 9.51. The van der Waals surface area contributed by atoms with Crippen LogP contribution in [0.15, 0.2) is 53.2 Å². The van der Waals surface area contributed by atoms with E-state index in [-0.39, 0.29) is 0 Å². The van der Waals surface area contributed by atoms with E-state index >= 15 is 0 Å². The minimum atomic E-state index is 0.852. The number of aliphatic imine (C=N–C) groups is 1. The maximum absolute atomic E-state index is 3.89. The molecule has 0 atom stereocenters. The van der Waals surface area contributed by atoms with E-state index in [0.717, 1.165) is 11.3 Å². The summed E-state index contributed by atoms with van der Waals surface area (Å²) in [5, 5.41) is 0. The van der Waals surface area contributed by atoms with Gasteiger partial charge in [-0.2, -0.15) is 0 Å². The predicted octanol–water partition coefficient (Wildman–Crippen LogP) is 3.28. The summed E-state index contributed by atoms with van der Waals surface area (Å²) in [4.78, 5) is 3.89. The molecule has 64 valence electrons. The Hall–Kier alpha value is -1.37. The molecule has 0 bridgehead atoms. The molecule has 0 aromatic heterocycles. The van der Waals surface area contributed by atoms with Gasteiger partial charge in [0.2, 0.25) is 0 Å². The molecule has 0 amide bonds. The molecule has 0 radical (unpaired) electrons. The van der Waals surface area contributed by atoms with Crippen LogP contribution in [-0.2, 0) is 0 Å². The highest BCUT2D eigenvalue weighted by molar-refractivity contribution is 5.43. The fourth-order valence-electron chi connectivity index (χ4n) is 0.836. The third kappa shape index (κ3) is 3.15. The monoisotopic (exact) mass is 161 g/mol. The summed E-state index contributed by atoms with van der Waals surface area (Å²) in [5.41, 5.74) is 1.84. The average molecular weight is 161 g/mol. The largest absolute Gasteiger partial charge is 0.264 e. The zero-order chi connectivity index (χ0) is 9.40. The Morgan fingerprint density at radius 1 is 1.17 bits per heavy atom. The number of allylic oxidation sites excluding steroid dienone is 6. The highest BCUT2D eigenvalue weighted by Crippen LogP contribution is 2.09. The van der Waals surface area contributed by atoms with Crippen molar-refractivity contribution in [2.45, 2.75) is 13.8 Å². The van der Waals surface area contributed by atoms with Gasteiger partial charge in [0.1, 0.15) is 0 Å². The predicted molar refractivity (Wildman–Crippen MR) is 56.4 cm³/mol. The van der Waals surface area contributed by atoms with E-state index in [4.69, 9.17) is 0 Å². The van der Waals surface area contributed by atoms with E-state index in [0.29, 0.717) is 0 Å². The lowest BCUT2D eigenvalue weighted by atomic mass is 10.2. The van der Waals surface area contributed by atoms with Gasteiger partial charge in [-0.3, -0.25) is 4.99 Å². The van der Waals surface area contributed by atoms with Gasteiger partial charge in [0.15, 0.2) is 0 Å². The van der Waals surface area contributed by atoms with Gasteiger partial charge in [0.05, 0.1) is 5.70 Å². The molecule has 1 heteroatoms. The molecule has 0 aromatic rings. The lowest BCUT2D eigenvalue weighted by Crippen LogP contribution is -1.78. The lowest BCUT2D eigenvalue weighted by Gasteiger charge is -1.97. The summed E-state index contributed by atoms with van der Waals surface area (Å²) in [5.74, 6) is 0. The van der Waals surface area contributed by atoms with Crippen molar-refractivity contribution in [3.63, 3.8) is 0 Å². The number of rotatable bonds is 4. The standard InChI is InChI=1S/C11H15N/c1-5-8-10(7-3)11(12-4)9-6-2/h5-9H,3-4H2,1-2H3. The molecule has 0 N–H and O–H groups in total. The van der Waals surface area contributed by atoms with Crippen LogP contribution >= 0.6 is 0 Å². The molecule has 0 saturated heterocycles. The van der Waals surface area contributed by atoms with Crippen LogP contribution in [0.2, 0.25) is 0 Å². The van der Waals surface area contributed by atoms with Crippen LogP contribution in [0, 0.1) is 0 Å². The molecule has 12 heavy (non-hydrogen) atoms. The first kappa shape index (κ1) is 10.6. The first-order valence-electron chi connectivity index (χ1n) is 3.89. The Labute approximate surface area is 74.5 Å². The Morgan fingerprint density at radius 2 is 1.75 bits per heavy atom. The third-order valence-corrected chi connectivity index (χ3v) is 1.36. The van der Waals surface area contributed by atoms with Crippen molar-refractivity contribution in [2.75, 3.05) is 0 Å². The van der Waals surface area contributed by atoms with Gasteiger partial charge < -0.3 is 0 Å². The summed E-state index contributed by atoms with van der Waals surface area (Å²) in [7, 11) is 0. The molecule has 1 nitrogen and oxygen atoms in total. The van der Waals surface area contributed by atoms with E-state index < -0.39 is 0 Å². The normalized spacial score (nSPS) is 13.5. The van der Waals surface area contributed by atoms with Gasteiger partial charge in [0.25, 0.3) is 0 Å². The van der Waals surface area contributed by atoms with Crippen LogP contribution < -0.4 is 0 Å². The number of hydrogen-bond donors (Lipinski definition) is 0. The highest BCUT2D eigenvalue weighted by Gasteiger charge is 1.92.